The monoisotopic (exact) mass is 430 g/mol. The number of carbonyl (C=O) groups is 1. The average molecular weight is 431 g/mol. The second kappa shape index (κ2) is 10.1. The lowest BCUT2D eigenvalue weighted by Crippen LogP contribution is -2.32. The van der Waals surface area contributed by atoms with E-state index in [1.807, 2.05) is 61.6 Å². The fourth-order valence-corrected chi connectivity index (χ4v) is 3.13. The molecule has 1 aliphatic heterocycles. The third-order valence-corrected chi connectivity index (χ3v) is 4.78. The van der Waals surface area contributed by atoms with E-state index < -0.39 is 0 Å². The van der Waals surface area contributed by atoms with E-state index in [9.17, 15) is 4.79 Å². The molecule has 2 aromatic carbocycles. The van der Waals surface area contributed by atoms with Crippen molar-refractivity contribution in [3.8, 4) is 0 Å². The number of hydrogen-bond donors (Lipinski definition) is 2. The zero-order chi connectivity index (χ0) is 18.4. The van der Waals surface area contributed by atoms with E-state index in [1.165, 1.54) is 0 Å². The van der Waals surface area contributed by atoms with Gasteiger partial charge in [-0.15, -0.1) is 17.0 Å². The fraction of sp³-hybridized carbons (Fsp3) is 0.333. The van der Waals surface area contributed by atoms with Crippen LogP contribution in [-0.4, -0.2) is 36.9 Å². The van der Waals surface area contributed by atoms with Gasteiger partial charge in [0.05, 0.1) is 0 Å². The molecular formula is C21H27BrN4O. The quantitative estimate of drug-likeness (QED) is 0.548. The molecule has 1 saturated heterocycles. The predicted molar refractivity (Wildman–Crippen MR) is 117 cm³/mol. The zero-order valence-corrected chi connectivity index (χ0v) is 17.4. The summed E-state index contributed by atoms with van der Waals surface area (Å²) in [5, 5.41) is 11.3. The standard InChI is InChI=1S/C21H26N4O.BrH/c1-24(19-7-3-2-4-8-19)20(26)14-11-17-9-12-18(13-10-17)23-21(22)25-15-5-6-16-25;/h2-4,7-10,12-13H,5-6,11,14-16H2,1H3,(H2,22,23);1H. The van der Waals surface area contributed by atoms with E-state index in [0.29, 0.717) is 18.8 Å². The minimum absolute atomic E-state index is 0. The van der Waals surface area contributed by atoms with E-state index in [2.05, 4.69) is 10.2 Å². The smallest absolute Gasteiger partial charge is 0.227 e. The second-order valence-corrected chi connectivity index (χ2v) is 6.65. The highest BCUT2D eigenvalue weighted by Gasteiger charge is 2.15. The number of aryl methyl sites for hydroxylation is 1. The molecule has 1 amide bonds. The third-order valence-electron chi connectivity index (χ3n) is 4.78. The van der Waals surface area contributed by atoms with Crippen LogP contribution in [-0.2, 0) is 11.2 Å². The number of anilines is 2. The number of guanidine groups is 1. The Labute approximate surface area is 171 Å². The Morgan fingerprint density at radius 3 is 2.33 bits per heavy atom. The van der Waals surface area contributed by atoms with Gasteiger partial charge in [-0.1, -0.05) is 30.3 Å². The summed E-state index contributed by atoms with van der Waals surface area (Å²) in [6, 6.07) is 17.7. The van der Waals surface area contributed by atoms with Crippen molar-refractivity contribution in [2.75, 3.05) is 30.4 Å². The summed E-state index contributed by atoms with van der Waals surface area (Å²) in [5.74, 6) is 0.573. The molecule has 0 aliphatic carbocycles. The molecule has 0 aromatic heterocycles. The molecule has 27 heavy (non-hydrogen) atoms. The highest BCUT2D eigenvalue weighted by molar-refractivity contribution is 8.93. The number of nitrogens with zero attached hydrogens (tertiary/aromatic N) is 2. The first-order valence-electron chi connectivity index (χ1n) is 9.14. The van der Waals surface area contributed by atoms with Crippen LogP contribution in [0.3, 0.4) is 0 Å². The van der Waals surface area contributed by atoms with Crippen molar-refractivity contribution in [3.63, 3.8) is 0 Å². The summed E-state index contributed by atoms with van der Waals surface area (Å²) in [7, 11) is 1.81. The van der Waals surface area contributed by atoms with E-state index in [0.717, 1.165) is 42.9 Å². The lowest BCUT2D eigenvalue weighted by Gasteiger charge is -2.19. The number of nitrogens with one attached hydrogen (secondary N) is 2. The Hall–Kier alpha value is -2.34. The van der Waals surface area contributed by atoms with Crippen LogP contribution in [0.2, 0.25) is 0 Å². The molecule has 5 nitrogen and oxygen atoms in total. The molecule has 2 aromatic rings. The van der Waals surface area contributed by atoms with Gasteiger partial charge in [-0.25, -0.2) is 0 Å². The first-order chi connectivity index (χ1) is 12.6. The van der Waals surface area contributed by atoms with Gasteiger partial charge < -0.3 is 15.1 Å². The molecular weight excluding hydrogens is 404 g/mol. The maximum Gasteiger partial charge on any atom is 0.227 e. The lowest BCUT2D eigenvalue weighted by molar-refractivity contribution is -0.118. The molecule has 3 rings (SSSR count). The highest BCUT2D eigenvalue weighted by atomic mass is 79.9. The van der Waals surface area contributed by atoms with Crippen LogP contribution in [0, 0.1) is 5.41 Å². The van der Waals surface area contributed by atoms with Gasteiger partial charge in [0, 0.05) is 37.9 Å². The number of amides is 1. The number of benzene rings is 2. The van der Waals surface area contributed by atoms with E-state index >= 15 is 0 Å². The molecule has 1 aliphatic rings. The summed E-state index contributed by atoms with van der Waals surface area (Å²) < 4.78 is 0. The SMILES string of the molecule is Br.CN(C(=O)CCc1ccc(NC(=N)N2CCCC2)cc1)c1ccccc1. The van der Waals surface area contributed by atoms with Crippen LogP contribution < -0.4 is 10.2 Å². The van der Waals surface area contributed by atoms with Crippen LogP contribution in [0.1, 0.15) is 24.8 Å². The molecule has 0 spiro atoms. The summed E-state index contributed by atoms with van der Waals surface area (Å²) >= 11 is 0. The normalized spacial score (nSPS) is 13.0. The van der Waals surface area contributed by atoms with Crippen molar-refractivity contribution in [1.82, 2.24) is 4.90 Å². The molecule has 0 unspecified atom stereocenters. The molecule has 144 valence electrons. The first kappa shape index (κ1) is 21.0. The van der Waals surface area contributed by atoms with Crippen LogP contribution in [0.5, 0.6) is 0 Å². The zero-order valence-electron chi connectivity index (χ0n) is 15.6. The maximum absolute atomic E-state index is 12.4. The van der Waals surface area contributed by atoms with Crippen molar-refractivity contribution in [2.45, 2.75) is 25.7 Å². The number of carbonyl (C=O) groups excluding carboxylic acids is 1. The van der Waals surface area contributed by atoms with Gasteiger partial charge in [-0.05, 0) is 49.1 Å². The van der Waals surface area contributed by atoms with Gasteiger partial charge in [-0.2, -0.15) is 0 Å². The van der Waals surface area contributed by atoms with Crippen LogP contribution in [0.4, 0.5) is 11.4 Å². The number of hydrogen-bond acceptors (Lipinski definition) is 2. The largest absolute Gasteiger partial charge is 0.343 e. The molecule has 1 fully saturated rings. The number of para-hydroxylation sites is 1. The summed E-state index contributed by atoms with van der Waals surface area (Å²) in [6.45, 7) is 1.92. The molecule has 0 bridgehead atoms. The van der Waals surface area contributed by atoms with Gasteiger partial charge in [0.25, 0.3) is 0 Å². The second-order valence-electron chi connectivity index (χ2n) is 6.65. The van der Waals surface area contributed by atoms with Crippen LogP contribution >= 0.6 is 17.0 Å². The maximum atomic E-state index is 12.4. The third kappa shape index (κ3) is 5.82. The summed E-state index contributed by atoms with van der Waals surface area (Å²) in [5.41, 5.74) is 2.95. The van der Waals surface area contributed by atoms with Gasteiger partial charge in [0.2, 0.25) is 5.91 Å². The highest BCUT2D eigenvalue weighted by Crippen LogP contribution is 2.16. The molecule has 1 heterocycles. The van der Waals surface area contributed by atoms with Gasteiger partial charge >= 0.3 is 0 Å². The first-order valence-corrected chi connectivity index (χ1v) is 9.14. The summed E-state index contributed by atoms with van der Waals surface area (Å²) in [4.78, 5) is 16.1. The molecule has 2 N–H and O–H groups in total. The summed E-state index contributed by atoms with van der Waals surface area (Å²) in [6.07, 6.45) is 3.50. The number of likely N-dealkylation sites (tertiary alicyclic amines) is 1. The van der Waals surface area contributed by atoms with Crippen LogP contribution in [0.15, 0.2) is 54.6 Å². The Morgan fingerprint density at radius 2 is 1.70 bits per heavy atom. The van der Waals surface area contributed by atoms with Crippen molar-refractivity contribution in [2.24, 2.45) is 0 Å². The molecule has 6 heteroatoms. The molecule has 0 atom stereocenters. The molecule has 0 radical (unpaired) electrons. The van der Waals surface area contributed by atoms with Crippen molar-refractivity contribution in [1.29, 1.82) is 5.41 Å². The minimum Gasteiger partial charge on any atom is -0.343 e. The van der Waals surface area contributed by atoms with Gasteiger partial charge in [0.15, 0.2) is 5.96 Å². The molecule has 0 saturated carbocycles. The van der Waals surface area contributed by atoms with E-state index in [4.69, 9.17) is 5.41 Å². The van der Waals surface area contributed by atoms with Crippen molar-refractivity contribution < 1.29 is 4.79 Å². The van der Waals surface area contributed by atoms with Crippen LogP contribution in [0.25, 0.3) is 0 Å². The lowest BCUT2D eigenvalue weighted by atomic mass is 10.1. The predicted octanol–water partition coefficient (Wildman–Crippen LogP) is 4.30. The van der Waals surface area contributed by atoms with Gasteiger partial charge in [-0.3, -0.25) is 10.2 Å². The number of halogens is 1. The van der Waals surface area contributed by atoms with Gasteiger partial charge in [0.1, 0.15) is 0 Å². The fourth-order valence-electron chi connectivity index (χ4n) is 3.13. The van der Waals surface area contributed by atoms with Crippen molar-refractivity contribution in [3.05, 3.63) is 60.2 Å². The van der Waals surface area contributed by atoms with Crippen molar-refractivity contribution >= 4 is 40.2 Å². The minimum atomic E-state index is 0. The Kier molecular flexibility index (Phi) is 7.85. The Bertz CT molecular complexity index is 743. The number of rotatable bonds is 5. The van der Waals surface area contributed by atoms with E-state index in [1.54, 1.807) is 4.90 Å². The topological polar surface area (TPSA) is 59.4 Å². The Balaban J connectivity index is 0.00000261. The van der Waals surface area contributed by atoms with E-state index in [-0.39, 0.29) is 22.9 Å². The average Bonchev–Trinajstić information content (AvgIpc) is 3.22. The Morgan fingerprint density at radius 1 is 1.07 bits per heavy atom.